The predicted molar refractivity (Wildman–Crippen MR) is 48.1 cm³/mol. The summed E-state index contributed by atoms with van der Waals surface area (Å²) < 4.78 is 0. The zero-order chi connectivity index (χ0) is 9.07. The van der Waals surface area contributed by atoms with E-state index in [0.717, 1.165) is 0 Å². The van der Waals surface area contributed by atoms with Gasteiger partial charge in [-0.2, -0.15) is 0 Å². The quantitative estimate of drug-likeness (QED) is 0.577. The Morgan fingerprint density at radius 3 is 1.58 bits per heavy atom. The Balaban J connectivity index is 3.52. The Morgan fingerprint density at radius 1 is 0.833 bits per heavy atom. The van der Waals surface area contributed by atoms with E-state index in [4.69, 9.17) is 10.2 Å². The third kappa shape index (κ3) is 8.78. The van der Waals surface area contributed by atoms with E-state index >= 15 is 0 Å². The standard InChI is InChI=1S/C10H12O2/c11-9-7-5-3-1-2-4-6-8-10-12/h1-2,11-12H,7-10H2/b2-1-. The minimum Gasteiger partial charge on any atom is -0.395 e. The fourth-order valence-corrected chi connectivity index (χ4v) is 0.457. The van der Waals surface area contributed by atoms with Gasteiger partial charge < -0.3 is 10.2 Å². The largest absolute Gasteiger partial charge is 0.395 e. The molecular weight excluding hydrogens is 152 g/mol. The van der Waals surface area contributed by atoms with E-state index in [1.807, 2.05) is 0 Å². The highest BCUT2D eigenvalue weighted by Crippen LogP contribution is 1.73. The van der Waals surface area contributed by atoms with Gasteiger partial charge in [0.2, 0.25) is 0 Å². The van der Waals surface area contributed by atoms with E-state index in [9.17, 15) is 0 Å². The molecule has 2 heteroatoms. The summed E-state index contributed by atoms with van der Waals surface area (Å²) in [4.78, 5) is 0. The van der Waals surface area contributed by atoms with E-state index in [1.165, 1.54) is 0 Å². The van der Waals surface area contributed by atoms with Crippen molar-refractivity contribution in [2.75, 3.05) is 13.2 Å². The van der Waals surface area contributed by atoms with Crippen molar-refractivity contribution >= 4 is 0 Å². The predicted octanol–water partition coefficient (Wildman–Crippen LogP) is 0.314. The van der Waals surface area contributed by atoms with E-state index in [1.54, 1.807) is 12.2 Å². The van der Waals surface area contributed by atoms with Gasteiger partial charge in [-0.25, -0.2) is 0 Å². The fraction of sp³-hybridized carbons (Fsp3) is 0.400. The van der Waals surface area contributed by atoms with E-state index in [-0.39, 0.29) is 13.2 Å². The summed E-state index contributed by atoms with van der Waals surface area (Å²) >= 11 is 0. The molecule has 0 saturated heterocycles. The Kier molecular flexibility index (Phi) is 8.79. The molecule has 0 aliphatic carbocycles. The van der Waals surface area contributed by atoms with Crippen molar-refractivity contribution in [2.24, 2.45) is 0 Å². The summed E-state index contributed by atoms with van der Waals surface area (Å²) in [5.41, 5.74) is 0. The molecule has 0 radical (unpaired) electrons. The van der Waals surface area contributed by atoms with Gasteiger partial charge in [-0.05, 0) is 12.2 Å². The highest BCUT2D eigenvalue weighted by Gasteiger charge is 1.68. The molecule has 2 N–H and O–H groups in total. The first-order chi connectivity index (χ1) is 5.91. The average Bonchev–Trinajstić information content (AvgIpc) is 2.10. The third-order valence-electron chi connectivity index (χ3n) is 0.928. The minimum absolute atomic E-state index is 0.0943. The number of hydrogen-bond donors (Lipinski definition) is 2. The summed E-state index contributed by atoms with van der Waals surface area (Å²) in [6.45, 7) is 0.189. The average molecular weight is 164 g/mol. The SMILES string of the molecule is OCCC#C/C=C\C#CCCO. The number of aliphatic hydroxyl groups is 2. The van der Waals surface area contributed by atoms with Crippen LogP contribution in [0.25, 0.3) is 0 Å². The van der Waals surface area contributed by atoms with Crippen LogP contribution in [0, 0.1) is 23.7 Å². The summed E-state index contributed by atoms with van der Waals surface area (Å²) in [5, 5.41) is 16.7. The monoisotopic (exact) mass is 164 g/mol. The van der Waals surface area contributed by atoms with Gasteiger partial charge >= 0.3 is 0 Å². The molecule has 0 bridgehead atoms. The Morgan fingerprint density at radius 2 is 1.25 bits per heavy atom. The Hall–Kier alpha value is -1.22. The molecule has 2 nitrogen and oxygen atoms in total. The number of aliphatic hydroxyl groups excluding tert-OH is 2. The summed E-state index contributed by atoms with van der Waals surface area (Å²) in [6.07, 6.45) is 4.24. The second kappa shape index (κ2) is 9.78. The molecule has 0 aliphatic heterocycles. The van der Waals surface area contributed by atoms with Crippen molar-refractivity contribution in [3.05, 3.63) is 12.2 Å². The third-order valence-corrected chi connectivity index (χ3v) is 0.928. The van der Waals surface area contributed by atoms with Crippen LogP contribution in [-0.4, -0.2) is 23.4 Å². The molecule has 0 atom stereocenters. The van der Waals surface area contributed by atoms with Crippen LogP contribution in [-0.2, 0) is 0 Å². The molecule has 0 aromatic rings. The van der Waals surface area contributed by atoms with Gasteiger partial charge in [-0.15, -0.1) is 0 Å². The van der Waals surface area contributed by atoms with Crippen LogP contribution in [0.4, 0.5) is 0 Å². The van der Waals surface area contributed by atoms with Gasteiger partial charge in [-0.3, -0.25) is 0 Å². The van der Waals surface area contributed by atoms with E-state index in [0.29, 0.717) is 12.8 Å². The lowest BCUT2D eigenvalue weighted by Gasteiger charge is -1.75. The zero-order valence-electron chi connectivity index (χ0n) is 6.88. The van der Waals surface area contributed by atoms with Crippen molar-refractivity contribution < 1.29 is 10.2 Å². The Bertz CT molecular complexity index is 206. The topological polar surface area (TPSA) is 40.5 Å². The van der Waals surface area contributed by atoms with Crippen LogP contribution in [0.5, 0.6) is 0 Å². The molecule has 12 heavy (non-hydrogen) atoms. The molecule has 0 unspecified atom stereocenters. The summed E-state index contributed by atoms with van der Waals surface area (Å²) in [6, 6.07) is 0. The van der Waals surface area contributed by atoms with Crippen LogP contribution >= 0.6 is 0 Å². The zero-order valence-corrected chi connectivity index (χ0v) is 6.88. The first-order valence-electron chi connectivity index (χ1n) is 3.75. The smallest absolute Gasteiger partial charge is 0.0540 e. The lowest BCUT2D eigenvalue weighted by Crippen LogP contribution is -1.75. The lowest BCUT2D eigenvalue weighted by atomic mass is 10.4. The van der Waals surface area contributed by atoms with Crippen molar-refractivity contribution in [3.63, 3.8) is 0 Å². The molecule has 0 saturated carbocycles. The van der Waals surface area contributed by atoms with Crippen LogP contribution in [0.2, 0.25) is 0 Å². The van der Waals surface area contributed by atoms with Gasteiger partial charge in [-0.1, -0.05) is 23.7 Å². The van der Waals surface area contributed by atoms with Crippen molar-refractivity contribution in [1.82, 2.24) is 0 Å². The van der Waals surface area contributed by atoms with E-state index in [2.05, 4.69) is 23.7 Å². The van der Waals surface area contributed by atoms with Gasteiger partial charge in [0.1, 0.15) is 0 Å². The van der Waals surface area contributed by atoms with Crippen LogP contribution in [0.15, 0.2) is 12.2 Å². The molecule has 0 spiro atoms. The molecule has 64 valence electrons. The fourth-order valence-electron chi connectivity index (χ4n) is 0.457. The molecule has 0 rings (SSSR count). The highest BCUT2D eigenvalue weighted by molar-refractivity contribution is 5.24. The maximum atomic E-state index is 8.36. The van der Waals surface area contributed by atoms with Crippen LogP contribution < -0.4 is 0 Å². The first-order valence-corrected chi connectivity index (χ1v) is 3.75. The maximum absolute atomic E-state index is 8.36. The number of allylic oxidation sites excluding steroid dienone is 2. The van der Waals surface area contributed by atoms with Crippen molar-refractivity contribution in [2.45, 2.75) is 12.8 Å². The molecule has 0 aromatic carbocycles. The molecule has 0 amide bonds. The molecule has 0 aliphatic rings. The van der Waals surface area contributed by atoms with Crippen molar-refractivity contribution in [1.29, 1.82) is 0 Å². The normalized spacial score (nSPS) is 8.50. The summed E-state index contributed by atoms with van der Waals surface area (Å²) in [5.74, 6) is 10.9. The van der Waals surface area contributed by atoms with E-state index < -0.39 is 0 Å². The maximum Gasteiger partial charge on any atom is 0.0540 e. The van der Waals surface area contributed by atoms with Gasteiger partial charge in [0, 0.05) is 12.8 Å². The van der Waals surface area contributed by atoms with Gasteiger partial charge in [0.25, 0.3) is 0 Å². The lowest BCUT2D eigenvalue weighted by molar-refractivity contribution is 0.304. The molecular formula is C10H12O2. The molecule has 0 heterocycles. The summed E-state index contributed by atoms with van der Waals surface area (Å²) in [7, 11) is 0. The minimum atomic E-state index is 0.0943. The van der Waals surface area contributed by atoms with Gasteiger partial charge in [0.15, 0.2) is 0 Å². The van der Waals surface area contributed by atoms with Crippen molar-refractivity contribution in [3.8, 4) is 23.7 Å². The van der Waals surface area contributed by atoms with Crippen LogP contribution in [0.3, 0.4) is 0 Å². The number of rotatable bonds is 2. The second-order valence-corrected chi connectivity index (χ2v) is 1.92. The Labute approximate surface area is 72.9 Å². The molecule has 0 aromatic heterocycles. The first kappa shape index (κ1) is 10.8. The van der Waals surface area contributed by atoms with Crippen LogP contribution in [0.1, 0.15) is 12.8 Å². The molecule has 0 fully saturated rings. The highest BCUT2D eigenvalue weighted by atomic mass is 16.3. The second-order valence-electron chi connectivity index (χ2n) is 1.92. The van der Waals surface area contributed by atoms with Gasteiger partial charge in [0.05, 0.1) is 13.2 Å². The number of hydrogen-bond acceptors (Lipinski definition) is 2.